The molecule has 0 saturated carbocycles. The van der Waals surface area contributed by atoms with Crippen LogP contribution in [0.1, 0.15) is 31.1 Å². The maximum absolute atomic E-state index is 12.6. The summed E-state index contributed by atoms with van der Waals surface area (Å²) in [4.78, 5) is 38.4. The van der Waals surface area contributed by atoms with Gasteiger partial charge in [-0.05, 0) is 24.3 Å². The first-order valence-electron chi connectivity index (χ1n) is 7.20. The van der Waals surface area contributed by atoms with Gasteiger partial charge in [0.05, 0.1) is 11.1 Å². The molecule has 0 aromatic heterocycles. The number of halogens is 3. The van der Waals surface area contributed by atoms with Gasteiger partial charge >= 0.3 is 0 Å². The minimum Gasteiger partial charge on any atom is -0.328 e. The van der Waals surface area contributed by atoms with Crippen LogP contribution in [-0.2, 0) is 0 Å². The smallest absolute Gasteiger partial charge is 0.263 e. The normalized spacial score (nSPS) is 15.1. The molecule has 1 aliphatic rings. The summed E-state index contributed by atoms with van der Waals surface area (Å²) in [6, 6.07) is 14.5. The van der Waals surface area contributed by atoms with Gasteiger partial charge in [0.1, 0.15) is 0 Å². The lowest BCUT2D eigenvalue weighted by atomic mass is 10.1. The number of rotatable bonds is 3. The highest BCUT2D eigenvalue weighted by Gasteiger charge is 2.48. The van der Waals surface area contributed by atoms with Crippen LogP contribution in [0.25, 0.3) is 0 Å². The number of carbonyl (C=O) groups is 3. The van der Waals surface area contributed by atoms with Gasteiger partial charge in [-0.25, -0.2) is 4.90 Å². The summed E-state index contributed by atoms with van der Waals surface area (Å²) in [7, 11) is 0. The van der Waals surface area contributed by atoms with Gasteiger partial charge in [0, 0.05) is 5.56 Å². The van der Waals surface area contributed by atoms with Crippen LogP contribution < -0.4 is 5.32 Å². The van der Waals surface area contributed by atoms with Crippen molar-refractivity contribution >= 4 is 52.5 Å². The zero-order chi connectivity index (χ0) is 18.2. The molecule has 0 saturated heterocycles. The fourth-order valence-corrected chi connectivity index (χ4v) is 2.99. The van der Waals surface area contributed by atoms with Crippen LogP contribution in [0.5, 0.6) is 0 Å². The number of hydrogen-bond donors (Lipinski definition) is 1. The highest BCUT2D eigenvalue weighted by atomic mass is 35.6. The van der Waals surface area contributed by atoms with E-state index in [9.17, 15) is 14.4 Å². The Balaban J connectivity index is 1.94. The molecular formula is C17H11Cl3N2O3. The molecule has 0 bridgehead atoms. The van der Waals surface area contributed by atoms with E-state index in [1.165, 1.54) is 12.1 Å². The summed E-state index contributed by atoms with van der Waals surface area (Å²) in [5.74, 6) is -1.84. The second kappa shape index (κ2) is 6.67. The van der Waals surface area contributed by atoms with Gasteiger partial charge in [-0.15, -0.1) is 0 Å². The van der Waals surface area contributed by atoms with Crippen LogP contribution in [-0.4, -0.2) is 32.6 Å². The average molecular weight is 398 g/mol. The molecular weight excluding hydrogens is 387 g/mol. The molecule has 1 N–H and O–H groups in total. The largest absolute Gasteiger partial charge is 0.328 e. The first kappa shape index (κ1) is 17.7. The van der Waals surface area contributed by atoms with Gasteiger partial charge in [0.2, 0.25) is 3.79 Å². The zero-order valence-electron chi connectivity index (χ0n) is 12.6. The van der Waals surface area contributed by atoms with Gasteiger partial charge in [-0.2, -0.15) is 0 Å². The molecule has 2 aromatic carbocycles. The maximum atomic E-state index is 12.6. The van der Waals surface area contributed by atoms with Crippen molar-refractivity contribution < 1.29 is 14.4 Å². The van der Waals surface area contributed by atoms with E-state index in [0.717, 1.165) is 4.90 Å². The molecule has 5 nitrogen and oxygen atoms in total. The molecule has 0 radical (unpaired) electrons. The van der Waals surface area contributed by atoms with Crippen molar-refractivity contribution in [2.45, 2.75) is 9.96 Å². The Morgan fingerprint density at radius 2 is 1.36 bits per heavy atom. The predicted octanol–water partition coefficient (Wildman–Crippen LogP) is 3.41. The van der Waals surface area contributed by atoms with Crippen LogP contribution in [0.3, 0.4) is 0 Å². The molecule has 0 fully saturated rings. The summed E-state index contributed by atoms with van der Waals surface area (Å²) in [5, 5.41) is 2.46. The Morgan fingerprint density at radius 1 is 0.880 bits per heavy atom. The molecule has 1 unspecified atom stereocenters. The summed E-state index contributed by atoms with van der Waals surface area (Å²) < 4.78 is -2.11. The predicted molar refractivity (Wildman–Crippen MR) is 94.9 cm³/mol. The van der Waals surface area contributed by atoms with E-state index in [2.05, 4.69) is 5.32 Å². The van der Waals surface area contributed by atoms with E-state index < -0.39 is 27.7 Å². The Morgan fingerprint density at radius 3 is 1.84 bits per heavy atom. The first-order chi connectivity index (χ1) is 11.8. The highest BCUT2D eigenvalue weighted by Crippen LogP contribution is 2.36. The van der Waals surface area contributed by atoms with Gasteiger partial charge in [0.15, 0.2) is 6.17 Å². The lowest BCUT2D eigenvalue weighted by Crippen LogP contribution is -2.57. The molecule has 0 aliphatic carbocycles. The van der Waals surface area contributed by atoms with E-state index in [0.29, 0.717) is 5.56 Å². The lowest BCUT2D eigenvalue weighted by Gasteiger charge is -2.32. The topological polar surface area (TPSA) is 66.5 Å². The van der Waals surface area contributed by atoms with Crippen LogP contribution >= 0.6 is 34.8 Å². The molecule has 1 heterocycles. The fourth-order valence-electron chi connectivity index (χ4n) is 2.53. The van der Waals surface area contributed by atoms with Crippen molar-refractivity contribution in [3.8, 4) is 0 Å². The number of alkyl halides is 3. The molecule has 128 valence electrons. The molecule has 3 amide bonds. The number of carbonyl (C=O) groups excluding carboxylic acids is 3. The number of nitrogens with zero attached hydrogens (tertiary/aromatic N) is 1. The van der Waals surface area contributed by atoms with Crippen molar-refractivity contribution in [3.05, 3.63) is 71.3 Å². The lowest BCUT2D eigenvalue weighted by molar-refractivity contribution is 0.0544. The minimum absolute atomic E-state index is 0.195. The Labute approximate surface area is 158 Å². The number of amides is 3. The quantitative estimate of drug-likeness (QED) is 0.637. The van der Waals surface area contributed by atoms with E-state index >= 15 is 0 Å². The van der Waals surface area contributed by atoms with Gasteiger partial charge in [-0.1, -0.05) is 65.1 Å². The van der Waals surface area contributed by atoms with Crippen LogP contribution in [0.4, 0.5) is 0 Å². The van der Waals surface area contributed by atoms with E-state index in [1.807, 2.05) is 0 Å². The first-order valence-corrected chi connectivity index (χ1v) is 8.33. The van der Waals surface area contributed by atoms with Gasteiger partial charge < -0.3 is 5.32 Å². The number of benzene rings is 2. The Kier molecular flexibility index (Phi) is 4.73. The summed E-state index contributed by atoms with van der Waals surface area (Å²) in [6.45, 7) is 0. The summed E-state index contributed by atoms with van der Waals surface area (Å²) in [6.07, 6.45) is -1.46. The number of fused-ring (bicyclic) bond motifs is 1. The van der Waals surface area contributed by atoms with Gasteiger partial charge in [0.25, 0.3) is 17.7 Å². The molecule has 25 heavy (non-hydrogen) atoms. The molecule has 8 heteroatoms. The Hall–Kier alpha value is -2.08. The number of nitrogens with one attached hydrogen (secondary N) is 1. The zero-order valence-corrected chi connectivity index (χ0v) is 14.8. The molecule has 1 atom stereocenters. The third-order valence-corrected chi connectivity index (χ3v) is 4.32. The molecule has 0 spiro atoms. The average Bonchev–Trinajstić information content (AvgIpc) is 2.84. The van der Waals surface area contributed by atoms with Crippen LogP contribution in [0.2, 0.25) is 0 Å². The van der Waals surface area contributed by atoms with E-state index in [1.54, 1.807) is 42.5 Å². The second-order valence-electron chi connectivity index (χ2n) is 5.31. The molecule has 2 aromatic rings. The van der Waals surface area contributed by atoms with Crippen LogP contribution in [0, 0.1) is 0 Å². The third-order valence-electron chi connectivity index (χ3n) is 3.70. The van der Waals surface area contributed by atoms with E-state index in [4.69, 9.17) is 34.8 Å². The number of imide groups is 1. The fraction of sp³-hybridized carbons (Fsp3) is 0.118. The second-order valence-corrected chi connectivity index (χ2v) is 7.68. The third kappa shape index (κ3) is 3.35. The molecule has 3 rings (SSSR count). The van der Waals surface area contributed by atoms with Crippen LogP contribution in [0.15, 0.2) is 54.6 Å². The maximum Gasteiger partial charge on any atom is 0.263 e. The minimum atomic E-state index is -2.11. The van der Waals surface area contributed by atoms with Crippen molar-refractivity contribution in [2.75, 3.05) is 0 Å². The van der Waals surface area contributed by atoms with Crippen molar-refractivity contribution in [2.24, 2.45) is 0 Å². The standard InChI is InChI=1S/C17H11Cl3N2O3/c18-17(19,20)16(21-13(23)10-6-2-1-3-7-10)22-14(24)11-8-4-5-9-12(11)15(22)25/h1-9,16H,(H,21,23). The Bertz CT molecular complexity index is 815. The van der Waals surface area contributed by atoms with Gasteiger partial charge in [-0.3, -0.25) is 14.4 Å². The van der Waals surface area contributed by atoms with Crippen molar-refractivity contribution in [1.82, 2.24) is 10.2 Å². The van der Waals surface area contributed by atoms with Crippen molar-refractivity contribution in [1.29, 1.82) is 0 Å². The van der Waals surface area contributed by atoms with Crippen molar-refractivity contribution in [3.63, 3.8) is 0 Å². The molecule has 1 aliphatic heterocycles. The SMILES string of the molecule is O=C(NC(N1C(=O)c2ccccc2C1=O)C(Cl)(Cl)Cl)c1ccccc1. The summed E-state index contributed by atoms with van der Waals surface area (Å²) in [5.41, 5.74) is 0.694. The summed E-state index contributed by atoms with van der Waals surface area (Å²) >= 11 is 17.9. The van der Waals surface area contributed by atoms with E-state index in [-0.39, 0.29) is 11.1 Å². The monoisotopic (exact) mass is 396 g/mol. The highest BCUT2D eigenvalue weighted by molar-refractivity contribution is 6.68. The number of hydrogen-bond acceptors (Lipinski definition) is 3.